The molecule has 3 aromatic heterocycles. The molecular formula is C22H23N7O. The van der Waals surface area contributed by atoms with Crippen molar-refractivity contribution < 1.29 is 4.79 Å². The lowest BCUT2D eigenvalue weighted by Crippen LogP contribution is -2.13. The lowest BCUT2D eigenvalue weighted by atomic mass is 10.2. The van der Waals surface area contributed by atoms with Crippen LogP contribution in [0.5, 0.6) is 0 Å². The molecule has 0 saturated heterocycles. The molecule has 30 heavy (non-hydrogen) atoms. The van der Waals surface area contributed by atoms with Crippen LogP contribution in [0, 0.1) is 0 Å². The van der Waals surface area contributed by atoms with Crippen LogP contribution in [0.25, 0.3) is 11.5 Å². The van der Waals surface area contributed by atoms with E-state index in [2.05, 4.69) is 39.7 Å². The van der Waals surface area contributed by atoms with Gasteiger partial charge in [-0.15, -0.1) is 10.2 Å². The van der Waals surface area contributed by atoms with Crippen LogP contribution in [0.15, 0.2) is 67.1 Å². The van der Waals surface area contributed by atoms with Crippen molar-refractivity contribution in [3.05, 3.63) is 72.7 Å². The third kappa shape index (κ3) is 4.07. The molecule has 4 aromatic rings. The van der Waals surface area contributed by atoms with E-state index in [0.717, 1.165) is 11.5 Å². The number of benzene rings is 1. The molecule has 1 amide bonds. The second-order valence-electron chi connectivity index (χ2n) is 7.23. The molecule has 0 aliphatic carbocycles. The van der Waals surface area contributed by atoms with Crippen LogP contribution in [0.3, 0.4) is 0 Å². The Kier molecular flexibility index (Phi) is 5.30. The number of nitrogens with one attached hydrogen (secondary N) is 2. The molecule has 2 N–H and O–H groups in total. The molecule has 0 aliphatic rings. The van der Waals surface area contributed by atoms with Crippen molar-refractivity contribution in [1.82, 2.24) is 24.3 Å². The van der Waals surface area contributed by atoms with Gasteiger partial charge < -0.3 is 19.8 Å². The van der Waals surface area contributed by atoms with E-state index in [-0.39, 0.29) is 11.9 Å². The molecule has 0 spiro atoms. The number of rotatable bonds is 6. The molecule has 0 bridgehead atoms. The smallest absolute Gasteiger partial charge is 0.256 e. The Bertz CT molecular complexity index is 1180. The minimum absolute atomic E-state index is 0.203. The largest absolute Gasteiger partial charge is 0.342 e. The lowest BCUT2D eigenvalue weighted by molar-refractivity contribution is 0.102. The predicted molar refractivity (Wildman–Crippen MR) is 117 cm³/mol. The Labute approximate surface area is 174 Å². The van der Waals surface area contributed by atoms with Crippen LogP contribution in [0.2, 0.25) is 0 Å². The van der Waals surface area contributed by atoms with Crippen LogP contribution < -0.4 is 10.6 Å². The van der Waals surface area contributed by atoms with E-state index >= 15 is 0 Å². The number of hydrogen-bond donors (Lipinski definition) is 2. The maximum Gasteiger partial charge on any atom is 0.256 e. The highest BCUT2D eigenvalue weighted by Gasteiger charge is 2.13. The molecule has 4 rings (SSSR count). The van der Waals surface area contributed by atoms with Gasteiger partial charge in [-0.2, -0.15) is 0 Å². The summed E-state index contributed by atoms with van der Waals surface area (Å²) < 4.78 is 3.91. The van der Waals surface area contributed by atoms with E-state index in [0.29, 0.717) is 22.9 Å². The van der Waals surface area contributed by atoms with Gasteiger partial charge in [-0.25, -0.2) is 4.98 Å². The van der Waals surface area contributed by atoms with Gasteiger partial charge in [0.1, 0.15) is 23.7 Å². The maximum atomic E-state index is 12.8. The zero-order chi connectivity index (χ0) is 21.1. The van der Waals surface area contributed by atoms with Gasteiger partial charge in [0.05, 0.1) is 0 Å². The summed E-state index contributed by atoms with van der Waals surface area (Å²) in [7, 11) is 1.96. The lowest BCUT2D eigenvalue weighted by Gasteiger charge is -2.11. The normalized spacial score (nSPS) is 10.9. The zero-order valence-corrected chi connectivity index (χ0v) is 17.1. The van der Waals surface area contributed by atoms with Crippen LogP contribution in [-0.4, -0.2) is 30.2 Å². The van der Waals surface area contributed by atoms with Crippen molar-refractivity contribution in [3.8, 4) is 11.5 Å². The van der Waals surface area contributed by atoms with Gasteiger partial charge in [0.2, 0.25) is 0 Å². The molecule has 0 atom stereocenters. The molecule has 0 aliphatic heterocycles. The van der Waals surface area contributed by atoms with Crippen molar-refractivity contribution in [2.75, 3.05) is 10.6 Å². The van der Waals surface area contributed by atoms with Gasteiger partial charge in [-0.05, 0) is 56.3 Å². The van der Waals surface area contributed by atoms with Crippen LogP contribution in [0.1, 0.15) is 30.2 Å². The summed E-state index contributed by atoms with van der Waals surface area (Å²) in [5.41, 5.74) is 2.01. The Morgan fingerprint density at radius 3 is 2.67 bits per heavy atom. The Balaban J connectivity index is 1.52. The Morgan fingerprint density at radius 2 is 1.90 bits per heavy atom. The van der Waals surface area contributed by atoms with Gasteiger partial charge in [-0.1, -0.05) is 12.1 Å². The highest BCUT2D eigenvalue weighted by atomic mass is 16.1. The van der Waals surface area contributed by atoms with E-state index < -0.39 is 0 Å². The molecule has 0 unspecified atom stereocenters. The number of aryl methyl sites for hydroxylation is 1. The summed E-state index contributed by atoms with van der Waals surface area (Å²) in [6.45, 7) is 4.10. The maximum absolute atomic E-state index is 12.8. The number of hydrogen-bond acceptors (Lipinski definition) is 5. The minimum atomic E-state index is -0.236. The first-order valence-electron chi connectivity index (χ1n) is 9.68. The number of carbonyl (C=O) groups excluding carboxylic acids is 1. The second-order valence-corrected chi connectivity index (χ2v) is 7.23. The summed E-state index contributed by atoms with van der Waals surface area (Å²) in [6, 6.07) is 16.9. The van der Waals surface area contributed by atoms with Gasteiger partial charge in [0.25, 0.3) is 5.91 Å². The van der Waals surface area contributed by atoms with Gasteiger partial charge in [-0.3, -0.25) is 4.79 Å². The number of nitrogens with zero attached hydrogens (tertiary/aromatic N) is 5. The summed E-state index contributed by atoms with van der Waals surface area (Å²) in [5, 5.41) is 14.3. The van der Waals surface area contributed by atoms with Crippen molar-refractivity contribution >= 4 is 23.2 Å². The minimum Gasteiger partial charge on any atom is -0.342 e. The van der Waals surface area contributed by atoms with E-state index in [1.165, 1.54) is 0 Å². The fourth-order valence-electron chi connectivity index (χ4n) is 3.10. The highest BCUT2D eigenvalue weighted by Crippen LogP contribution is 2.21. The average Bonchev–Trinajstić information content (AvgIpc) is 3.38. The van der Waals surface area contributed by atoms with Crippen molar-refractivity contribution in [2.24, 2.45) is 7.05 Å². The van der Waals surface area contributed by atoms with Gasteiger partial charge >= 0.3 is 0 Å². The predicted octanol–water partition coefficient (Wildman–Crippen LogP) is 4.26. The quantitative estimate of drug-likeness (QED) is 0.504. The number of carbonyl (C=O) groups is 1. The van der Waals surface area contributed by atoms with Crippen molar-refractivity contribution in [1.29, 1.82) is 0 Å². The molecule has 3 heterocycles. The first-order chi connectivity index (χ1) is 14.5. The Hall–Kier alpha value is -3.94. The fraction of sp³-hybridized carbons (Fsp3) is 0.182. The summed E-state index contributed by atoms with van der Waals surface area (Å²) in [6.07, 6.45) is 3.63. The van der Waals surface area contributed by atoms with Gasteiger partial charge in [0.15, 0.2) is 5.82 Å². The van der Waals surface area contributed by atoms with E-state index in [1.54, 1.807) is 18.5 Å². The summed E-state index contributed by atoms with van der Waals surface area (Å²) >= 11 is 0. The standard InChI is InChI=1S/C22H23N7O/c1-15(2)29-14-23-27-21(29)18-9-5-10-19(25-18)26-22(30)16-7-4-8-17(13-16)24-20-11-6-12-28(20)3/h4-15,24H,1-3H3,(H,25,26,30). The third-order valence-electron chi connectivity index (χ3n) is 4.69. The summed E-state index contributed by atoms with van der Waals surface area (Å²) in [5.74, 6) is 1.82. The van der Waals surface area contributed by atoms with E-state index in [4.69, 9.17) is 0 Å². The summed E-state index contributed by atoms with van der Waals surface area (Å²) in [4.78, 5) is 17.3. The van der Waals surface area contributed by atoms with Crippen LogP contribution >= 0.6 is 0 Å². The zero-order valence-electron chi connectivity index (χ0n) is 17.1. The number of amides is 1. The number of anilines is 3. The highest BCUT2D eigenvalue weighted by molar-refractivity contribution is 6.04. The van der Waals surface area contributed by atoms with Crippen LogP contribution in [0.4, 0.5) is 17.3 Å². The topological polar surface area (TPSA) is 89.7 Å². The fourth-order valence-corrected chi connectivity index (χ4v) is 3.10. The Morgan fingerprint density at radius 1 is 1.07 bits per heavy atom. The third-order valence-corrected chi connectivity index (χ3v) is 4.69. The van der Waals surface area contributed by atoms with Crippen LogP contribution in [-0.2, 0) is 7.05 Å². The molecule has 1 aromatic carbocycles. The molecule has 0 fully saturated rings. The first-order valence-corrected chi connectivity index (χ1v) is 9.68. The molecule has 0 radical (unpaired) electrons. The number of aromatic nitrogens is 5. The van der Waals surface area contributed by atoms with Crippen molar-refractivity contribution in [3.63, 3.8) is 0 Å². The average molecular weight is 401 g/mol. The molecule has 0 saturated carbocycles. The van der Waals surface area contributed by atoms with E-state index in [1.807, 2.05) is 64.8 Å². The molecule has 152 valence electrons. The monoisotopic (exact) mass is 401 g/mol. The molecule has 8 heteroatoms. The second kappa shape index (κ2) is 8.20. The number of pyridine rings is 1. The molecule has 8 nitrogen and oxygen atoms in total. The SMILES string of the molecule is CC(C)n1cnnc1-c1cccc(NC(=O)c2cccc(Nc3cccn3C)c2)n1. The first kappa shape index (κ1) is 19.4. The van der Waals surface area contributed by atoms with E-state index in [9.17, 15) is 4.79 Å². The molecular weight excluding hydrogens is 378 g/mol. The van der Waals surface area contributed by atoms with Crippen molar-refractivity contribution in [2.45, 2.75) is 19.9 Å². The van der Waals surface area contributed by atoms with Gasteiger partial charge in [0, 0.05) is 30.5 Å².